The van der Waals surface area contributed by atoms with Crippen LogP contribution < -0.4 is 10.1 Å². The van der Waals surface area contributed by atoms with Crippen molar-refractivity contribution in [3.8, 4) is 17.4 Å². The maximum absolute atomic E-state index is 12.4. The van der Waals surface area contributed by atoms with Crippen LogP contribution in [0.1, 0.15) is 10.6 Å². The molecule has 3 aromatic heterocycles. The first-order valence-electron chi connectivity index (χ1n) is 8.39. The summed E-state index contributed by atoms with van der Waals surface area (Å²) in [5, 5.41) is 3.67. The number of ether oxygens (including phenoxy) is 1. The third-order valence-electron chi connectivity index (χ3n) is 4.07. The van der Waals surface area contributed by atoms with Crippen molar-refractivity contribution < 1.29 is 13.9 Å². The molecule has 0 fully saturated rings. The number of nitrogens with one attached hydrogen (secondary N) is 1. The first kappa shape index (κ1) is 16.8. The summed E-state index contributed by atoms with van der Waals surface area (Å²) in [6.07, 6.45) is 6.83. The predicted molar refractivity (Wildman–Crippen MR) is 98.4 cm³/mol. The zero-order valence-electron chi connectivity index (χ0n) is 14.6. The minimum Gasteiger partial charge on any atom is -0.493 e. The Labute approximate surface area is 154 Å². The van der Waals surface area contributed by atoms with Crippen molar-refractivity contribution in [2.24, 2.45) is 0 Å². The monoisotopic (exact) mass is 363 g/mol. The van der Waals surface area contributed by atoms with Crippen LogP contribution >= 0.6 is 0 Å². The van der Waals surface area contributed by atoms with Crippen molar-refractivity contribution >= 4 is 16.9 Å². The number of fused-ring (bicyclic) bond motifs is 1. The van der Waals surface area contributed by atoms with E-state index in [-0.39, 0.29) is 11.7 Å². The molecule has 8 heteroatoms. The highest BCUT2D eigenvalue weighted by Crippen LogP contribution is 2.28. The van der Waals surface area contributed by atoms with Crippen LogP contribution in [0.25, 0.3) is 22.6 Å². The molecule has 0 aliphatic heterocycles. The molecule has 1 aromatic carbocycles. The standard InChI is InChI=1S/C19H17N5O3/c1-26-14-5-2-4-13-12-15(27-16(13)14)19(25)23-9-11-24-10-8-22-18(24)17-20-6-3-7-21-17/h2-8,10,12H,9,11H2,1H3,(H,23,25). The van der Waals surface area contributed by atoms with Crippen LogP contribution in [-0.4, -0.2) is 39.1 Å². The Hall–Kier alpha value is -3.68. The summed E-state index contributed by atoms with van der Waals surface area (Å²) >= 11 is 0. The first-order chi connectivity index (χ1) is 13.3. The van der Waals surface area contributed by atoms with Gasteiger partial charge in [-0.15, -0.1) is 0 Å². The summed E-state index contributed by atoms with van der Waals surface area (Å²) in [6, 6.07) is 8.97. The number of hydrogen-bond donors (Lipinski definition) is 1. The number of amides is 1. The largest absolute Gasteiger partial charge is 0.493 e. The lowest BCUT2D eigenvalue weighted by Crippen LogP contribution is -2.27. The first-order valence-corrected chi connectivity index (χ1v) is 8.39. The van der Waals surface area contributed by atoms with E-state index in [0.717, 1.165) is 5.39 Å². The van der Waals surface area contributed by atoms with Gasteiger partial charge in [0.05, 0.1) is 7.11 Å². The number of carbonyl (C=O) groups is 1. The van der Waals surface area contributed by atoms with Gasteiger partial charge in [-0.3, -0.25) is 4.79 Å². The normalized spacial score (nSPS) is 10.9. The molecule has 1 N–H and O–H groups in total. The zero-order chi connectivity index (χ0) is 18.6. The van der Waals surface area contributed by atoms with Gasteiger partial charge in [0.25, 0.3) is 5.91 Å². The van der Waals surface area contributed by atoms with E-state index in [4.69, 9.17) is 9.15 Å². The smallest absolute Gasteiger partial charge is 0.287 e. The van der Waals surface area contributed by atoms with E-state index in [0.29, 0.717) is 36.1 Å². The van der Waals surface area contributed by atoms with Crippen molar-refractivity contribution in [1.29, 1.82) is 0 Å². The Bertz CT molecular complexity index is 1070. The molecule has 0 spiro atoms. The van der Waals surface area contributed by atoms with E-state index in [1.807, 2.05) is 22.9 Å². The number of rotatable bonds is 6. The molecule has 0 aliphatic carbocycles. The van der Waals surface area contributed by atoms with Crippen LogP contribution in [0.3, 0.4) is 0 Å². The number of methoxy groups -OCH3 is 1. The number of hydrogen-bond acceptors (Lipinski definition) is 6. The Morgan fingerprint density at radius 3 is 2.85 bits per heavy atom. The van der Waals surface area contributed by atoms with Gasteiger partial charge in [-0.25, -0.2) is 15.0 Å². The fourth-order valence-electron chi connectivity index (χ4n) is 2.80. The van der Waals surface area contributed by atoms with Crippen LogP contribution in [0.5, 0.6) is 5.75 Å². The highest BCUT2D eigenvalue weighted by molar-refractivity contribution is 5.97. The van der Waals surface area contributed by atoms with Gasteiger partial charge in [-0.2, -0.15) is 0 Å². The number of furan rings is 1. The lowest BCUT2D eigenvalue weighted by Gasteiger charge is -2.07. The number of carbonyl (C=O) groups excluding carboxylic acids is 1. The second-order valence-corrected chi connectivity index (χ2v) is 5.76. The highest BCUT2D eigenvalue weighted by atomic mass is 16.5. The molecule has 0 radical (unpaired) electrons. The van der Waals surface area contributed by atoms with Gasteiger partial charge in [0, 0.05) is 43.3 Å². The zero-order valence-corrected chi connectivity index (χ0v) is 14.6. The molecule has 3 heterocycles. The van der Waals surface area contributed by atoms with Gasteiger partial charge >= 0.3 is 0 Å². The van der Waals surface area contributed by atoms with E-state index in [1.165, 1.54) is 0 Å². The van der Waals surface area contributed by atoms with Crippen LogP contribution in [0.15, 0.2) is 59.5 Å². The lowest BCUT2D eigenvalue weighted by molar-refractivity contribution is 0.0926. The van der Waals surface area contributed by atoms with Crippen LogP contribution in [0, 0.1) is 0 Å². The maximum atomic E-state index is 12.4. The van der Waals surface area contributed by atoms with Crippen molar-refractivity contribution in [3.05, 3.63) is 60.9 Å². The minimum atomic E-state index is -0.286. The molecule has 0 atom stereocenters. The fraction of sp³-hybridized carbons (Fsp3) is 0.158. The van der Waals surface area contributed by atoms with Gasteiger partial charge < -0.3 is 19.0 Å². The van der Waals surface area contributed by atoms with E-state index < -0.39 is 0 Å². The number of para-hydroxylation sites is 1. The average Bonchev–Trinajstić information content (AvgIpc) is 3.35. The summed E-state index contributed by atoms with van der Waals surface area (Å²) in [4.78, 5) is 25.1. The summed E-state index contributed by atoms with van der Waals surface area (Å²) in [5.41, 5.74) is 0.559. The van der Waals surface area contributed by atoms with E-state index in [9.17, 15) is 4.79 Å². The summed E-state index contributed by atoms with van der Waals surface area (Å²) in [6.45, 7) is 0.937. The quantitative estimate of drug-likeness (QED) is 0.566. The summed E-state index contributed by atoms with van der Waals surface area (Å²) in [5.74, 6) is 1.74. The molecule has 27 heavy (non-hydrogen) atoms. The molecule has 4 aromatic rings. The van der Waals surface area contributed by atoms with Gasteiger partial charge in [0.15, 0.2) is 28.7 Å². The highest BCUT2D eigenvalue weighted by Gasteiger charge is 2.15. The second kappa shape index (κ2) is 7.28. The molecule has 0 saturated carbocycles. The molecule has 0 aliphatic rings. The Morgan fingerprint density at radius 1 is 1.19 bits per heavy atom. The number of nitrogens with zero attached hydrogens (tertiary/aromatic N) is 4. The third-order valence-corrected chi connectivity index (χ3v) is 4.07. The Morgan fingerprint density at radius 2 is 2.04 bits per heavy atom. The predicted octanol–water partition coefficient (Wildman–Crippen LogP) is 2.52. The Kier molecular flexibility index (Phi) is 4.52. The van der Waals surface area contributed by atoms with Crippen LogP contribution in [0.2, 0.25) is 0 Å². The fourth-order valence-corrected chi connectivity index (χ4v) is 2.80. The maximum Gasteiger partial charge on any atom is 0.287 e. The molecular formula is C19H17N5O3. The average molecular weight is 363 g/mol. The molecule has 4 rings (SSSR count). The van der Waals surface area contributed by atoms with Crippen LogP contribution in [0.4, 0.5) is 0 Å². The summed E-state index contributed by atoms with van der Waals surface area (Å²) in [7, 11) is 1.57. The molecule has 0 saturated heterocycles. The third kappa shape index (κ3) is 3.37. The van der Waals surface area contributed by atoms with Gasteiger partial charge in [-0.1, -0.05) is 12.1 Å². The lowest BCUT2D eigenvalue weighted by atomic mass is 10.2. The number of benzene rings is 1. The SMILES string of the molecule is COc1cccc2cc(C(=O)NCCn3ccnc3-c3ncccn3)oc12. The van der Waals surface area contributed by atoms with Crippen molar-refractivity contribution in [2.45, 2.75) is 6.54 Å². The molecule has 8 nitrogen and oxygen atoms in total. The van der Waals surface area contributed by atoms with Gasteiger partial charge in [-0.05, 0) is 18.2 Å². The van der Waals surface area contributed by atoms with Crippen molar-refractivity contribution in [3.63, 3.8) is 0 Å². The van der Waals surface area contributed by atoms with Crippen molar-refractivity contribution in [1.82, 2.24) is 24.8 Å². The van der Waals surface area contributed by atoms with Crippen LogP contribution in [-0.2, 0) is 6.54 Å². The molecule has 1 amide bonds. The van der Waals surface area contributed by atoms with E-state index in [1.54, 1.807) is 43.9 Å². The second-order valence-electron chi connectivity index (χ2n) is 5.76. The minimum absolute atomic E-state index is 0.242. The molecular weight excluding hydrogens is 346 g/mol. The van der Waals surface area contributed by atoms with Gasteiger partial charge in [0.1, 0.15) is 0 Å². The number of aromatic nitrogens is 4. The molecule has 0 unspecified atom stereocenters. The Balaban J connectivity index is 1.43. The van der Waals surface area contributed by atoms with E-state index >= 15 is 0 Å². The topological polar surface area (TPSA) is 95.1 Å². The molecule has 136 valence electrons. The van der Waals surface area contributed by atoms with Gasteiger partial charge in [0.2, 0.25) is 0 Å². The molecule has 0 bridgehead atoms. The van der Waals surface area contributed by atoms with Crippen molar-refractivity contribution in [2.75, 3.05) is 13.7 Å². The number of imidazole rings is 1. The van der Waals surface area contributed by atoms with E-state index in [2.05, 4.69) is 20.3 Å². The summed E-state index contributed by atoms with van der Waals surface area (Å²) < 4.78 is 12.8.